The minimum Gasteiger partial charge on any atom is -0.114 e. The van der Waals surface area contributed by atoms with Gasteiger partial charge < -0.3 is 0 Å². The summed E-state index contributed by atoms with van der Waals surface area (Å²) in [7, 11) is 0. The van der Waals surface area contributed by atoms with E-state index in [2.05, 4.69) is 6.58 Å². The molecule has 4 rings (SSSR count). The van der Waals surface area contributed by atoms with Gasteiger partial charge in [-0.25, -0.2) is 0 Å². The molecule has 0 saturated heterocycles. The third-order valence-corrected chi connectivity index (χ3v) is 4.75. The van der Waals surface area contributed by atoms with Gasteiger partial charge in [0, 0.05) is 0 Å². The Labute approximate surface area is 79.0 Å². The molecule has 66 valence electrons. The Hall–Kier alpha value is 0.0300. The van der Waals surface area contributed by atoms with Gasteiger partial charge >= 0.3 is 0 Å². The Bertz CT molecular complexity index is 229. The van der Waals surface area contributed by atoms with E-state index in [1.54, 1.807) is 0 Å². The number of halogens is 1. The van der Waals surface area contributed by atoms with Crippen LogP contribution in [-0.2, 0) is 0 Å². The summed E-state index contributed by atoms with van der Waals surface area (Å²) in [6.07, 6.45) is 6.69. The van der Waals surface area contributed by atoms with Crippen LogP contribution in [0.3, 0.4) is 0 Å². The third-order valence-electron chi connectivity index (χ3n) is 4.20. The summed E-state index contributed by atoms with van der Waals surface area (Å²) in [4.78, 5) is 0.0365. The molecule has 0 aromatic heterocycles. The zero-order chi connectivity index (χ0) is 8.34. The van der Waals surface area contributed by atoms with E-state index in [4.69, 9.17) is 11.6 Å². The molecule has 0 aliphatic heterocycles. The van der Waals surface area contributed by atoms with Crippen LogP contribution in [0.4, 0.5) is 0 Å². The van der Waals surface area contributed by atoms with Crippen molar-refractivity contribution in [2.75, 3.05) is 0 Å². The summed E-state index contributed by atoms with van der Waals surface area (Å²) in [6, 6.07) is 0. The molecule has 0 radical (unpaired) electrons. The molecule has 4 bridgehead atoms. The van der Waals surface area contributed by atoms with Gasteiger partial charge in [-0.1, -0.05) is 12.2 Å². The molecule has 2 atom stereocenters. The van der Waals surface area contributed by atoms with Crippen LogP contribution in [0, 0.1) is 17.8 Å². The molecule has 4 aliphatic rings. The highest BCUT2D eigenvalue weighted by Crippen LogP contribution is 2.60. The molecule has 0 amide bonds. The van der Waals surface area contributed by atoms with Crippen molar-refractivity contribution >= 4 is 11.6 Å². The van der Waals surface area contributed by atoms with Crippen molar-refractivity contribution in [1.29, 1.82) is 0 Å². The van der Waals surface area contributed by atoms with Gasteiger partial charge in [0.15, 0.2) is 0 Å². The molecule has 2 unspecified atom stereocenters. The highest BCUT2D eigenvalue weighted by molar-refractivity contribution is 6.26. The van der Waals surface area contributed by atoms with Gasteiger partial charge in [0.2, 0.25) is 0 Å². The Kier molecular flexibility index (Phi) is 1.30. The molecule has 0 spiro atoms. The van der Waals surface area contributed by atoms with Crippen LogP contribution in [0.25, 0.3) is 0 Å². The van der Waals surface area contributed by atoms with E-state index in [1.165, 1.54) is 37.7 Å². The molecule has 0 nitrogen and oxygen atoms in total. The van der Waals surface area contributed by atoms with Gasteiger partial charge in [0.1, 0.15) is 0 Å². The molecule has 0 aromatic carbocycles. The van der Waals surface area contributed by atoms with Crippen molar-refractivity contribution in [2.24, 2.45) is 17.8 Å². The lowest BCUT2D eigenvalue weighted by Gasteiger charge is -2.55. The lowest BCUT2D eigenvalue weighted by Crippen LogP contribution is -2.48. The molecule has 0 aromatic rings. The molecule has 4 saturated carbocycles. The van der Waals surface area contributed by atoms with Crippen LogP contribution < -0.4 is 0 Å². The number of hydrogen-bond donors (Lipinski definition) is 0. The highest BCUT2D eigenvalue weighted by atomic mass is 35.5. The van der Waals surface area contributed by atoms with E-state index in [0.717, 1.165) is 17.8 Å². The maximum Gasteiger partial charge on any atom is 0.0660 e. The predicted molar refractivity (Wildman–Crippen MR) is 51.3 cm³/mol. The Morgan fingerprint density at radius 1 is 1.17 bits per heavy atom. The Balaban J connectivity index is 2.02. The zero-order valence-corrected chi connectivity index (χ0v) is 8.11. The van der Waals surface area contributed by atoms with Gasteiger partial charge in [-0.2, -0.15) is 0 Å². The molecule has 0 N–H and O–H groups in total. The van der Waals surface area contributed by atoms with E-state index in [-0.39, 0.29) is 4.87 Å². The van der Waals surface area contributed by atoms with Crippen molar-refractivity contribution in [3.8, 4) is 0 Å². The van der Waals surface area contributed by atoms with Crippen LogP contribution in [0.1, 0.15) is 32.1 Å². The van der Waals surface area contributed by atoms with Crippen molar-refractivity contribution in [2.45, 2.75) is 37.0 Å². The lowest BCUT2D eigenvalue weighted by molar-refractivity contribution is 0.0834. The summed E-state index contributed by atoms with van der Waals surface area (Å²) in [5.74, 6) is 2.66. The molecule has 0 heterocycles. The standard InChI is InChI=1S/C11H15Cl/c1-7-10-3-8-2-9(4-10)6-11(7,12)5-8/h8-10H,1-6H2. The Morgan fingerprint density at radius 2 is 1.75 bits per heavy atom. The summed E-state index contributed by atoms with van der Waals surface area (Å²) in [6.45, 7) is 4.19. The van der Waals surface area contributed by atoms with Crippen LogP contribution in [0.5, 0.6) is 0 Å². The fourth-order valence-corrected chi connectivity index (χ4v) is 4.40. The van der Waals surface area contributed by atoms with E-state index in [9.17, 15) is 0 Å². The average molecular weight is 183 g/mol. The van der Waals surface area contributed by atoms with E-state index < -0.39 is 0 Å². The highest BCUT2D eigenvalue weighted by Gasteiger charge is 2.52. The van der Waals surface area contributed by atoms with Gasteiger partial charge in [-0.3, -0.25) is 0 Å². The SMILES string of the molecule is C=C1C2CC3CC(C2)CC1(Cl)C3. The number of rotatable bonds is 0. The lowest BCUT2D eigenvalue weighted by atomic mass is 9.54. The summed E-state index contributed by atoms with van der Waals surface area (Å²) < 4.78 is 0. The summed E-state index contributed by atoms with van der Waals surface area (Å²) in [5, 5.41) is 0. The van der Waals surface area contributed by atoms with Crippen LogP contribution >= 0.6 is 11.6 Å². The molecule has 1 heteroatoms. The largest absolute Gasteiger partial charge is 0.114 e. The van der Waals surface area contributed by atoms with Crippen LogP contribution in [-0.4, -0.2) is 4.87 Å². The van der Waals surface area contributed by atoms with Crippen molar-refractivity contribution in [3.63, 3.8) is 0 Å². The topological polar surface area (TPSA) is 0 Å². The molecular formula is C11H15Cl. The predicted octanol–water partition coefficient (Wildman–Crippen LogP) is 3.36. The molecule has 4 fully saturated rings. The first-order chi connectivity index (χ1) is 5.67. The maximum atomic E-state index is 6.58. The zero-order valence-electron chi connectivity index (χ0n) is 7.35. The minimum atomic E-state index is 0.0365. The fraction of sp³-hybridized carbons (Fsp3) is 0.818. The number of hydrogen-bond acceptors (Lipinski definition) is 0. The maximum absolute atomic E-state index is 6.58. The van der Waals surface area contributed by atoms with Gasteiger partial charge in [0.05, 0.1) is 4.87 Å². The first-order valence-electron chi connectivity index (χ1n) is 5.05. The normalized spacial score (nSPS) is 56.4. The third kappa shape index (κ3) is 0.797. The van der Waals surface area contributed by atoms with Crippen molar-refractivity contribution in [1.82, 2.24) is 0 Å². The van der Waals surface area contributed by atoms with Crippen LogP contribution in [0.15, 0.2) is 12.2 Å². The van der Waals surface area contributed by atoms with E-state index >= 15 is 0 Å². The first kappa shape index (κ1) is 7.44. The monoisotopic (exact) mass is 182 g/mol. The van der Waals surface area contributed by atoms with Crippen molar-refractivity contribution in [3.05, 3.63) is 12.2 Å². The summed E-state index contributed by atoms with van der Waals surface area (Å²) >= 11 is 6.58. The van der Waals surface area contributed by atoms with Gasteiger partial charge in [0.25, 0.3) is 0 Å². The first-order valence-corrected chi connectivity index (χ1v) is 5.43. The second-order valence-electron chi connectivity index (χ2n) is 5.03. The van der Waals surface area contributed by atoms with Crippen molar-refractivity contribution < 1.29 is 0 Å². The summed E-state index contributed by atoms with van der Waals surface area (Å²) in [5.41, 5.74) is 1.37. The van der Waals surface area contributed by atoms with Crippen LogP contribution in [0.2, 0.25) is 0 Å². The second-order valence-corrected chi connectivity index (χ2v) is 5.76. The van der Waals surface area contributed by atoms with E-state index in [1.807, 2.05) is 0 Å². The van der Waals surface area contributed by atoms with Gasteiger partial charge in [-0.05, 0) is 49.9 Å². The quantitative estimate of drug-likeness (QED) is 0.398. The molecule has 12 heavy (non-hydrogen) atoms. The minimum absolute atomic E-state index is 0.0365. The second kappa shape index (κ2) is 2.09. The van der Waals surface area contributed by atoms with Gasteiger partial charge in [-0.15, -0.1) is 11.6 Å². The average Bonchev–Trinajstić information content (AvgIpc) is 1.98. The Morgan fingerprint density at radius 3 is 2.25 bits per heavy atom. The number of allylic oxidation sites excluding steroid dienone is 1. The molecule has 4 aliphatic carbocycles. The number of alkyl halides is 1. The van der Waals surface area contributed by atoms with E-state index in [0.29, 0.717) is 0 Å². The smallest absolute Gasteiger partial charge is 0.0660 e. The fourth-order valence-electron chi connectivity index (χ4n) is 3.81. The molecular weight excluding hydrogens is 168 g/mol.